The molecular weight excluding hydrogens is 140 g/mol. The van der Waals surface area contributed by atoms with Gasteiger partial charge in [0.25, 0.3) is 0 Å². The highest BCUT2D eigenvalue weighted by atomic mass is 16.2. The standard InChI is InChI=1S/C8H13N2O/c11-8-3-6-10(8)7-1-4-9-5-2-7/h7H,1-6H2/q-1. The molecule has 1 amide bonds. The average Bonchev–Trinajstić information content (AvgIpc) is 2.04. The monoisotopic (exact) mass is 153 g/mol. The molecule has 0 atom stereocenters. The van der Waals surface area contributed by atoms with E-state index in [0.717, 1.165) is 38.9 Å². The fraction of sp³-hybridized carbons (Fsp3) is 0.875. The Morgan fingerprint density at radius 1 is 1.36 bits per heavy atom. The molecule has 0 saturated carbocycles. The summed E-state index contributed by atoms with van der Waals surface area (Å²) >= 11 is 0. The predicted molar refractivity (Wildman–Crippen MR) is 42.4 cm³/mol. The van der Waals surface area contributed by atoms with Crippen molar-refractivity contribution in [1.82, 2.24) is 4.90 Å². The first-order valence-corrected chi connectivity index (χ1v) is 4.30. The molecule has 0 aromatic carbocycles. The Hall–Kier alpha value is -0.570. The van der Waals surface area contributed by atoms with E-state index in [4.69, 9.17) is 0 Å². The Morgan fingerprint density at radius 2 is 2.09 bits per heavy atom. The molecule has 0 spiro atoms. The summed E-state index contributed by atoms with van der Waals surface area (Å²) in [6.07, 6.45) is 2.95. The van der Waals surface area contributed by atoms with Gasteiger partial charge < -0.3 is 10.2 Å². The Balaban J connectivity index is 1.88. The lowest BCUT2D eigenvalue weighted by Crippen LogP contribution is -2.51. The number of hydrogen-bond acceptors (Lipinski definition) is 1. The van der Waals surface area contributed by atoms with Gasteiger partial charge in [0.15, 0.2) is 0 Å². The largest absolute Gasteiger partial charge is 0.662 e. The molecule has 2 fully saturated rings. The normalized spacial score (nSPS) is 26.9. The third-order valence-electron chi connectivity index (χ3n) is 2.57. The van der Waals surface area contributed by atoms with Crippen LogP contribution >= 0.6 is 0 Å². The van der Waals surface area contributed by atoms with Gasteiger partial charge in [0.05, 0.1) is 0 Å². The van der Waals surface area contributed by atoms with Gasteiger partial charge in [-0.2, -0.15) is 0 Å². The van der Waals surface area contributed by atoms with E-state index in [9.17, 15) is 4.79 Å². The van der Waals surface area contributed by atoms with Crippen molar-refractivity contribution in [2.45, 2.75) is 25.3 Å². The van der Waals surface area contributed by atoms with Crippen LogP contribution in [0.3, 0.4) is 0 Å². The van der Waals surface area contributed by atoms with Gasteiger partial charge >= 0.3 is 0 Å². The average molecular weight is 153 g/mol. The van der Waals surface area contributed by atoms with Gasteiger partial charge in [-0.25, -0.2) is 0 Å². The molecule has 2 rings (SSSR count). The van der Waals surface area contributed by atoms with Crippen molar-refractivity contribution >= 4 is 5.91 Å². The number of hydrogen-bond donors (Lipinski definition) is 0. The zero-order valence-corrected chi connectivity index (χ0v) is 6.62. The summed E-state index contributed by atoms with van der Waals surface area (Å²) in [7, 11) is 0. The van der Waals surface area contributed by atoms with Gasteiger partial charge in [-0.1, -0.05) is 12.8 Å². The van der Waals surface area contributed by atoms with E-state index >= 15 is 0 Å². The van der Waals surface area contributed by atoms with Crippen LogP contribution < -0.4 is 0 Å². The summed E-state index contributed by atoms with van der Waals surface area (Å²) in [5.74, 6) is 0.344. The molecule has 2 saturated heterocycles. The molecule has 0 radical (unpaired) electrons. The van der Waals surface area contributed by atoms with Crippen molar-refractivity contribution in [1.29, 1.82) is 0 Å². The summed E-state index contributed by atoms with van der Waals surface area (Å²) < 4.78 is 0. The molecule has 0 unspecified atom stereocenters. The smallest absolute Gasteiger partial charge is 0.224 e. The molecule has 2 aliphatic rings. The van der Waals surface area contributed by atoms with Crippen LogP contribution in [0.15, 0.2) is 0 Å². The number of likely N-dealkylation sites (tertiary alicyclic amines) is 1. The Morgan fingerprint density at radius 3 is 2.55 bits per heavy atom. The Bertz CT molecular complexity index is 163. The lowest BCUT2D eigenvalue weighted by molar-refractivity contribution is -0.143. The highest BCUT2D eigenvalue weighted by molar-refractivity contribution is 5.82. The van der Waals surface area contributed by atoms with Gasteiger partial charge in [-0.3, -0.25) is 4.79 Å². The number of β-lactam (4-membered cyclic amide) rings is 1. The van der Waals surface area contributed by atoms with Crippen LogP contribution in [-0.2, 0) is 4.79 Å². The van der Waals surface area contributed by atoms with Crippen molar-refractivity contribution in [3.05, 3.63) is 5.32 Å². The molecule has 0 aliphatic carbocycles. The van der Waals surface area contributed by atoms with Crippen LogP contribution in [0.1, 0.15) is 19.3 Å². The number of nitrogens with zero attached hydrogens (tertiary/aromatic N) is 2. The van der Waals surface area contributed by atoms with Crippen molar-refractivity contribution in [3.8, 4) is 0 Å². The molecule has 62 valence electrons. The predicted octanol–water partition coefficient (Wildman–Crippen LogP) is 0.755. The van der Waals surface area contributed by atoms with E-state index in [0.29, 0.717) is 11.9 Å². The van der Waals surface area contributed by atoms with Crippen LogP contribution in [0.25, 0.3) is 5.32 Å². The first-order chi connectivity index (χ1) is 5.38. The zero-order chi connectivity index (χ0) is 7.68. The quantitative estimate of drug-likeness (QED) is 0.512. The van der Waals surface area contributed by atoms with E-state index in [2.05, 4.69) is 5.32 Å². The van der Waals surface area contributed by atoms with Crippen molar-refractivity contribution in [2.75, 3.05) is 19.6 Å². The lowest BCUT2D eigenvalue weighted by atomic mass is 10.0. The topological polar surface area (TPSA) is 34.4 Å². The molecule has 2 aliphatic heterocycles. The van der Waals surface area contributed by atoms with Gasteiger partial charge in [0.2, 0.25) is 5.91 Å². The number of carbonyl (C=O) groups is 1. The summed E-state index contributed by atoms with van der Waals surface area (Å²) in [5, 5.41) is 4.26. The molecular formula is C8H13N2O-. The van der Waals surface area contributed by atoms with Crippen LogP contribution in [-0.4, -0.2) is 36.5 Å². The number of amides is 1. The van der Waals surface area contributed by atoms with E-state index in [-0.39, 0.29) is 0 Å². The van der Waals surface area contributed by atoms with Crippen LogP contribution in [0, 0.1) is 0 Å². The highest BCUT2D eigenvalue weighted by Crippen LogP contribution is 2.22. The maximum Gasteiger partial charge on any atom is 0.224 e. The molecule has 0 N–H and O–H groups in total. The van der Waals surface area contributed by atoms with Crippen LogP contribution in [0.4, 0.5) is 0 Å². The fourth-order valence-corrected chi connectivity index (χ4v) is 1.77. The maximum absolute atomic E-state index is 11.0. The van der Waals surface area contributed by atoms with E-state index < -0.39 is 0 Å². The SMILES string of the molecule is O=C1CCN1C1CC[N-]CC1. The third-order valence-corrected chi connectivity index (χ3v) is 2.57. The molecule has 0 aromatic rings. The summed E-state index contributed by atoms with van der Waals surface area (Å²) in [4.78, 5) is 13.0. The highest BCUT2D eigenvalue weighted by Gasteiger charge is 2.29. The van der Waals surface area contributed by atoms with Gasteiger partial charge in [-0.15, -0.1) is 13.1 Å². The molecule has 3 nitrogen and oxygen atoms in total. The third kappa shape index (κ3) is 1.25. The number of rotatable bonds is 1. The zero-order valence-electron chi connectivity index (χ0n) is 6.62. The Kier molecular flexibility index (Phi) is 1.82. The molecule has 0 bridgehead atoms. The molecule has 3 heteroatoms. The molecule has 2 heterocycles. The first-order valence-electron chi connectivity index (χ1n) is 4.30. The maximum atomic E-state index is 11.0. The van der Waals surface area contributed by atoms with Crippen molar-refractivity contribution in [3.63, 3.8) is 0 Å². The first kappa shape index (κ1) is 7.10. The summed E-state index contributed by atoms with van der Waals surface area (Å²) in [6, 6.07) is 0.522. The number of piperidine rings is 1. The van der Waals surface area contributed by atoms with Gasteiger partial charge in [-0.05, 0) is 0 Å². The Labute approximate surface area is 66.8 Å². The lowest BCUT2D eigenvalue weighted by Gasteiger charge is -2.43. The van der Waals surface area contributed by atoms with Gasteiger partial charge in [0.1, 0.15) is 0 Å². The minimum absolute atomic E-state index is 0.344. The van der Waals surface area contributed by atoms with Crippen molar-refractivity contribution < 1.29 is 4.79 Å². The van der Waals surface area contributed by atoms with Crippen LogP contribution in [0.5, 0.6) is 0 Å². The van der Waals surface area contributed by atoms with Gasteiger partial charge in [0, 0.05) is 19.0 Å². The second kappa shape index (κ2) is 2.81. The fourth-order valence-electron chi connectivity index (χ4n) is 1.77. The summed E-state index contributed by atoms with van der Waals surface area (Å²) in [5.41, 5.74) is 0. The molecule has 0 aromatic heterocycles. The number of carbonyl (C=O) groups excluding carboxylic acids is 1. The minimum Gasteiger partial charge on any atom is -0.662 e. The second-order valence-corrected chi connectivity index (χ2v) is 3.24. The van der Waals surface area contributed by atoms with E-state index in [1.165, 1.54) is 0 Å². The van der Waals surface area contributed by atoms with E-state index in [1.807, 2.05) is 4.90 Å². The van der Waals surface area contributed by atoms with Crippen molar-refractivity contribution in [2.24, 2.45) is 0 Å². The minimum atomic E-state index is 0.344. The molecule has 11 heavy (non-hydrogen) atoms. The van der Waals surface area contributed by atoms with E-state index in [1.54, 1.807) is 0 Å². The van der Waals surface area contributed by atoms with Crippen LogP contribution in [0.2, 0.25) is 0 Å². The summed E-state index contributed by atoms with van der Waals surface area (Å²) in [6.45, 7) is 2.90. The second-order valence-electron chi connectivity index (χ2n) is 3.24.